The third-order valence-corrected chi connectivity index (χ3v) is 3.24. The van der Waals surface area contributed by atoms with E-state index in [-0.39, 0.29) is 24.0 Å². The molecule has 3 amide bonds. The summed E-state index contributed by atoms with van der Waals surface area (Å²) in [6, 6.07) is 5.46. The number of nitrogens with zero attached hydrogens (tertiary/aromatic N) is 1. The first kappa shape index (κ1) is 13.9. The molecule has 20 heavy (non-hydrogen) atoms. The van der Waals surface area contributed by atoms with E-state index in [9.17, 15) is 19.2 Å². The molecule has 0 saturated heterocycles. The fraction of sp³-hybridized carbons (Fsp3) is 0.286. The van der Waals surface area contributed by atoms with Gasteiger partial charge in [-0.25, -0.2) is 0 Å². The second kappa shape index (κ2) is 5.64. The predicted molar refractivity (Wildman–Crippen MR) is 70.1 cm³/mol. The zero-order valence-corrected chi connectivity index (χ0v) is 11.0. The average molecular weight is 274 g/mol. The number of hydrogen-bond acceptors (Lipinski definition) is 4. The summed E-state index contributed by atoms with van der Waals surface area (Å²) in [5.41, 5.74) is 0.579. The maximum atomic E-state index is 12.3. The Morgan fingerprint density at radius 2 is 1.80 bits per heavy atom. The summed E-state index contributed by atoms with van der Waals surface area (Å²) in [6.45, 7) is 0. The van der Waals surface area contributed by atoms with Gasteiger partial charge in [-0.3, -0.25) is 19.3 Å². The molecule has 1 unspecified atom stereocenters. The average Bonchev–Trinajstić information content (AvgIpc) is 2.73. The summed E-state index contributed by atoms with van der Waals surface area (Å²) < 4.78 is 0. The molecule has 6 nitrogen and oxygen atoms in total. The van der Waals surface area contributed by atoms with Crippen molar-refractivity contribution in [2.24, 2.45) is 0 Å². The van der Waals surface area contributed by atoms with E-state index >= 15 is 0 Å². The largest absolute Gasteiger partial charge is 0.357 e. The van der Waals surface area contributed by atoms with Gasteiger partial charge in [-0.15, -0.1) is 0 Å². The van der Waals surface area contributed by atoms with E-state index in [0.717, 1.165) is 4.90 Å². The quantitative estimate of drug-likeness (QED) is 0.621. The van der Waals surface area contributed by atoms with Gasteiger partial charge in [-0.1, -0.05) is 12.1 Å². The predicted octanol–water partition coefficient (Wildman–Crippen LogP) is 0.376. The number of amides is 3. The molecule has 2 rings (SSSR count). The Morgan fingerprint density at radius 1 is 1.25 bits per heavy atom. The lowest BCUT2D eigenvalue weighted by molar-refractivity contribution is -0.124. The van der Waals surface area contributed by atoms with Crippen molar-refractivity contribution in [3.05, 3.63) is 35.4 Å². The van der Waals surface area contributed by atoms with Crippen molar-refractivity contribution in [3.8, 4) is 0 Å². The van der Waals surface area contributed by atoms with Crippen molar-refractivity contribution >= 4 is 24.0 Å². The van der Waals surface area contributed by atoms with E-state index in [2.05, 4.69) is 5.32 Å². The Kier molecular flexibility index (Phi) is 3.93. The van der Waals surface area contributed by atoms with Gasteiger partial charge in [0.2, 0.25) is 5.91 Å². The number of carbonyl (C=O) groups is 4. The molecule has 1 aliphatic rings. The van der Waals surface area contributed by atoms with Crippen molar-refractivity contribution in [3.63, 3.8) is 0 Å². The molecule has 104 valence electrons. The number of likely N-dealkylation sites (N-methyl/N-ethyl adjacent to an activating group) is 1. The number of nitrogens with one attached hydrogen (secondary N) is 1. The van der Waals surface area contributed by atoms with Crippen LogP contribution in [-0.4, -0.2) is 42.0 Å². The summed E-state index contributed by atoms with van der Waals surface area (Å²) in [5.74, 6) is -1.45. The minimum Gasteiger partial charge on any atom is -0.357 e. The van der Waals surface area contributed by atoms with Gasteiger partial charge in [0.15, 0.2) is 0 Å². The molecule has 1 N–H and O–H groups in total. The normalized spacial score (nSPS) is 14.9. The van der Waals surface area contributed by atoms with Crippen molar-refractivity contribution in [2.45, 2.75) is 18.9 Å². The van der Waals surface area contributed by atoms with E-state index in [1.165, 1.54) is 7.05 Å². The number of fused-ring (bicyclic) bond motifs is 1. The van der Waals surface area contributed by atoms with Gasteiger partial charge in [-0.2, -0.15) is 0 Å². The summed E-state index contributed by atoms with van der Waals surface area (Å²) >= 11 is 0. The van der Waals surface area contributed by atoms with E-state index < -0.39 is 23.8 Å². The maximum Gasteiger partial charge on any atom is 0.262 e. The molecule has 0 spiro atoms. The topological polar surface area (TPSA) is 83.6 Å². The van der Waals surface area contributed by atoms with Crippen molar-refractivity contribution < 1.29 is 19.2 Å². The fourth-order valence-corrected chi connectivity index (χ4v) is 2.26. The van der Waals surface area contributed by atoms with Crippen molar-refractivity contribution in [1.29, 1.82) is 0 Å². The van der Waals surface area contributed by atoms with Crippen LogP contribution in [0, 0.1) is 0 Å². The van der Waals surface area contributed by atoms with Gasteiger partial charge in [0.25, 0.3) is 11.8 Å². The first-order valence-corrected chi connectivity index (χ1v) is 6.24. The lowest BCUT2D eigenvalue weighted by Crippen LogP contribution is -2.48. The van der Waals surface area contributed by atoms with Crippen LogP contribution in [0.5, 0.6) is 0 Å². The van der Waals surface area contributed by atoms with Gasteiger partial charge < -0.3 is 10.1 Å². The lowest BCUT2D eigenvalue weighted by atomic mass is 10.1. The third kappa shape index (κ3) is 2.20. The highest BCUT2D eigenvalue weighted by atomic mass is 16.2. The fourth-order valence-electron chi connectivity index (χ4n) is 2.26. The minimum atomic E-state index is -0.961. The van der Waals surface area contributed by atoms with Gasteiger partial charge in [-0.05, 0) is 18.6 Å². The Morgan fingerprint density at radius 3 is 2.25 bits per heavy atom. The number of carbonyl (C=O) groups excluding carboxylic acids is 4. The molecule has 1 aliphatic heterocycles. The zero-order valence-electron chi connectivity index (χ0n) is 11.0. The third-order valence-electron chi connectivity index (χ3n) is 3.24. The van der Waals surface area contributed by atoms with Crippen LogP contribution in [0.1, 0.15) is 33.6 Å². The molecule has 6 heteroatoms. The van der Waals surface area contributed by atoms with Crippen LogP contribution < -0.4 is 5.32 Å². The summed E-state index contributed by atoms with van der Waals surface area (Å²) in [7, 11) is 1.43. The van der Waals surface area contributed by atoms with Crippen LogP contribution in [0.4, 0.5) is 0 Å². The number of benzene rings is 1. The smallest absolute Gasteiger partial charge is 0.262 e. The van der Waals surface area contributed by atoms with Gasteiger partial charge in [0.1, 0.15) is 12.3 Å². The highest BCUT2D eigenvalue weighted by Crippen LogP contribution is 2.25. The molecule has 0 radical (unpaired) electrons. The molecule has 0 aromatic heterocycles. The summed E-state index contributed by atoms with van der Waals surface area (Å²) in [6.07, 6.45) is 0.883. The molecule has 1 aromatic rings. The molecule has 0 aliphatic carbocycles. The number of hydrogen-bond donors (Lipinski definition) is 1. The second-order valence-electron chi connectivity index (χ2n) is 4.40. The first-order chi connectivity index (χ1) is 9.61. The monoisotopic (exact) mass is 274 g/mol. The molecule has 0 bridgehead atoms. The van der Waals surface area contributed by atoms with Crippen LogP contribution in [0.15, 0.2) is 24.3 Å². The zero-order chi connectivity index (χ0) is 14.7. The first-order valence-electron chi connectivity index (χ1n) is 6.24. The van der Waals surface area contributed by atoms with Crippen LogP contribution in [0.25, 0.3) is 0 Å². The molecule has 0 fully saturated rings. The van der Waals surface area contributed by atoms with Crippen LogP contribution in [0.2, 0.25) is 0 Å². The Hall–Kier alpha value is -2.50. The molecule has 1 atom stereocenters. The number of rotatable bonds is 5. The number of aldehydes is 1. The van der Waals surface area contributed by atoms with Crippen LogP contribution in [-0.2, 0) is 9.59 Å². The minimum absolute atomic E-state index is 0.103. The Labute approximate surface area is 115 Å². The van der Waals surface area contributed by atoms with Gasteiger partial charge >= 0.3 is 0 Å². The highest BCUT2D eigenvalue weighted by Gasteiger charge is 2.41. The van der Waals surface area contributed by atoms with E-state index in [1.54, 1.807) is 24.3 Å². The van der Waals surface area contributed by atoms with E-state index in [0.29, 0.717) is 6.29 Å². The second-order valence-corrected chi connectivity index (χ2v) is 4.40. The molecular weight excluding hydrogens is 260 g/mol. The van der Waals surface area contributed by atoms with Crippen LogP contribution >= 0.6 is 0 Å². The lowest BCUT2D eigenvalue weighted by Gasteiger charge is -2.24. The van der Waals surface area contributed by atoms with E-state index in [4.69, 9.17) is 0 Å². The standard InChI is InChI=1S/C14H14N2O4/c1-15-12(18)11(7-4-8-17)16-13(19)9-5-2-3-6-10(9)14(16)20/h2-3,5-6,8,11H,4,7H2,1H3,(H,15,18). The molecule has 1 heterocycles. The number of imide groups is 1. The maximum absolute atomic E-state index is 12.3. The SMILES string of the molecule is CNC(=O)C(CCC=O)N1C(=O)c2ccccc2C1=O. The highest BCUT2D eigenvalue weighted by molar-refractivity contribution is 6.22. The molecule has 1 aromatic carbocycles. The van der Waals surface area contributed by atoms with Gasteiger partial charge in [0, 0.05) is 13.5 Å². The van der Waals surface area contributed by atoms with Crippen molar-refractivity contribution in [1.82, 2.24) is 10.2 Å². The Bertz CT molecular complexity index is 547. The van der Waals surface area contributed by atoms with Crippen molar-refractivity contribution in [2.75, 3.05) is 7.05 Å². The molecular formula is C14H14N2O4. The van der Waals surface area contributed by atoms with E-state index in [1.807, 2.05) is 0 Å². The summed E-state index contributed by atoms with van der Waals surface area (Å²) in [4.78, 5) is 47.8. The Balaban J connectivity index is 2.36. The van der Waals surface area contributed by atoms with Crippen LogP contribution in [0.3, 0.4) is 0 Å². The molecule has 0 saturated carbocycles. The summed E-state index contributed by atoms with van der Waals surface area (Å²) in [5, 5.41) is 2.42. The van der Waals surface area contributed by atoms with Gasteiger partial charge in [0.05, 0.1) is 11.1 Å².